The van der Waals surface area contributed by atoms with E-state index < -0.39 is 21.2 Å². The molecule has 10 heteroatoms. The lowest BCUT2D eigenvalue weighted by atomic mass is 10.0. The van der Waals surface area contributed by atoms with Crippen molar-refractivity contribution >= 4 is 38.6 Å². The van der Waals surface area contributed by atoms with Gasteiger partial charge in [-0.05, 0) is 54.5 Å². The standard InChI is InChI=1S/C29H25ClN4O4S/c30-27-19(17-5-2-1-3-6-17)7-4-8-21(27)29-33-25-15-22-20(23(16-31)28(25)38-29)11-12-24(22)32-14-13-26(35)34-39(36,37)18-9-10-18/h1-8,15,18,24,32H,9-14H2,(H,34,35). The number of halogens is 1. The van der Waals surface area contributed by atoms with Gasteiger partial charge in [0.2, 0.25) is 21.8 Å². The highest BCUT2D eigenvalue weighted by Gasteiger charge is 2.36. The predicted molar refractivity (Wildman–Crippen MR) is 148 cm³/mol. The Bertz CT molecular complexity index is 1740. The molecule has 0 spiro atoms. The van der Waals surface area contributed by atoms with Crippen LogP contribution in [0.1, 0.15) is 48.4 Å². The molecule has 2 aliphatic rings. The third-order valence-electron chi connectivity index (χ3n) is 7.27. The fraction of sp³-hybridized carbons (Fsp3) is 0.276. The van der Waals surface area contributed by atoms with Crippen LogP contribution < -0.4 is 10.0 Å². The number of nitrogens with one attached hydrogen (secondary N) is 2. The molecule has 1 heterocycles. The van der Waals surface area contributed by atoms with Gasteiger partial charge in [0.1, 0.15) is 17.1 Å². The molecule has 1 fully saturated rings. The van der Waals surface area contributed by atoms with Crippen LogP contribution >= 0.6 is 11.6 Å². The molecule has 1 saturated carbocycles. The Morgan fingerprint density at radius 2 is 1.87 bits per heavy atom. The van der Waals surface area contributed by atoms with E-state index in [2.05, 4.69) is 16.1 Å². The molecule has 6 rings (SSSR count). The van der Waals surface area contributed by atoms with Gasteiger partial charge >= 0.3 is 0 Å². The Hall–Kier alpha value is -3.71. The average Bonchev–Trinajstić information content (AvgIpc) is 3.61. The number of sulfonamides is 1. The van der Waals surface area contributed by atoms with Crippen molar-refractivity contribution in [2.24, 2.45) is 0 Å². The molecule has 1 atom stereocenters. The summed E-state index contributed by atoms with van der Waals surface area (Å²) in [7, 11) is -3.55. The summed E-state index contributed by atoms with van der Waals surface area (Å²) < 4.78 is 32.3. The number of nitrogens with zero attached hydrogens (tertiary/aromatic N) is 2. The molecule has 198 valence electrons. The molecule has 1 unspecified atom stereocenters. The van der Waals surface area contributed by atoms with Gasteiger partial charge in [-0.1, -0.05) is 54.1 Å². The number of hydrogen-bond donors (Lipinski definition) is 2. The van der Waals surface area contributed by atoms with Crippen molar-refractivity contribution in [2.45, 2.75) is 43.4 Å². The van der Waals surface area contributed by atoms with E-state index in [-0.39, 0.29) is 12.5 Å². The molecule has 39 heavy (non-hydrogen) atoms. The van der Waals surface area contributed by atoms with E-state index >= 15 is 0 Å². The fourth-order valence-electron chi connectivity index (χ4n) is 5.16. The van der Waals surface area contributed by atoms with Crippen LogP contribution in [0.15, 0.2) is 59.0 Å². The van der Waals surface area contributed by atoms with Crippen LogP contribution in [0.2, 0.25) is 5.02 Å². The van der Waals surface area contributed by atoms with Gasteiger partial charge in [-0.3, -0.25) is 9.52 Å². The third-order valence-corrected chi connectivity index (χ3v) is 9.54. The van der Waals surface area contributed by atoms with Crippen molar-refractivity contribution in [1.82, 2.24) is 15.0 Å². The van der Waals surface area contributed by atoms with Crippen molar-refractivity contribution in [3.63, 3.8) is 0 Å². The monoisotopic (exact) mass is 560 g/mol. The van der Waals surface area contributed by atoms with Crippen molar-refractivity contribution in [2.75, 3.05) is 6.54 Å². The SMILES string of the molecule is N#Cc1c2c(cc3nc(-c4cccc(-c5ccccc5)c4Cl)oc13)C(NCCC(=O)NS(=O)(=O)C1CC1)CC2. The molecule has 2 aliphatic carbocycles. The van der Waals surface area contributed by atoms with E-state index in [0.717, 1.165) is 28.7 Å². The first-order chi connectivity index (χ1) is 18.9. The Morgan fingerprint density at radius 3 is 2.62 bits per heavy atom. The van der Waals surface area contributed by atoms with Crippen LogP contribution in [0.5, 0.6) is 0 Å². The number of carbonyl (C=O) groups is 1. The van der Waals surface area contributed by atoms with Crippen LogP contribution in [0.4, 0.5) is 0 Å². The second kappa shape index (κ2) is 10.1. The topological polar surface area (TPSA) is 125 Å². The van der Waals surface area contributed by atoms with Crippen molar-refractivity contribution < 1.29 is 17.6 Å². The molecule has 0 aliphatic heterocycles. The van der Waals surface area contributed by atoms with Crippen LogP contribution in [-0.4, -0.2) is 31.1 Å². The molecular weight excluding hydrogens is 536 g/mol. The second-order valence-electron chi connectivity index (χ2n) is 9.90. The Labute approximate surface area is 231 Å². The summed E-state index contributed by atoms with van der Waals surface area (Å²) in [6.45, 7) is 0.308. The van der Waals surface area contributed by atoms with E-state index in [4.69, 9.17) is 21.0 Å². The number of nitriles is 1. The number of fused-ring (bicyclic) bond motifs is 2. The van der Waals surface area contributed by atoms with Gasteiger partial charge in [0, 0.05) is 24.6 Å². The van der Waals surface area contributed by atoms with Crippen LogP contribution in [-0.2, 0) is 21.2 Å². The third kappa shape index (κ3) is 4.91. The van der Waals surface area contributed by atoms with Gasteiger partial charge in [0.25, 0.3) is 0 Å². The lowest BCUT2D eigenvalue weighted by Crippen LogP contribution is -2.35. The van der Waals surface area contributed by atoms with E-state index in [1.807, 2.05) is 54.6 Å². The highest BCUT2D eigenvalue weighted by molar-refractivity contribution is 7.90. The Morgan fingerprint density at radius 1 is 1.10 bits per heavy atom. The first-order valence-corrected chi connectivity index (χ1v) is 14.8. The summed E-state index contributed by atoms with van der Waals surface area (Å²) in [6, 6.07) is 19.6. The zero-order chi connectivity index (χ0) is 27.1. The maximum absolute atomic E-state index is 12.2. The van der Waals surface area contributed by atoms with Crippen LogP contribution in [0.3, 0.4) is 0 Å². The van der Waals surface area contributed by atoms with Crippen molar-refractivity contribution in [3.8, 4) is 28.7 Å². The number of aromatic nitrogens is 1. The molecular formula is C29H25ClN4O4S. The van der Waals surface area contributed by atoms with Gasteiger partial charge in [-0.2, -0.15) is 5.26 Å². The number of oxazole rings is 1. The summed E-state index contributed by atoms with van der Waals surface area (Å²) in [5, 5.41) is 13.4. The van der Waals surface area contributed by atoms with E-state index in [1.54, 1.807) is 0 Å². The first kappa shape index (κ1) is 25.6. The smallest absolute Gasteiger partial charge is 0.237 e. The highest BCUT2D eigenvalue weighted by Crippen LogP contribution is 2.41. The second-order valence-corrected chi connectivity index (χ2v) is 12.2. The normalized spacial score (nSPS) is 16.7. The Kier molecular flexibility index (Phi) is 6.63. The molecule has 8 nitrogen and oxygen atoms in total. The molecule has 1 amide bonds. The average molecular weight is 561 g/mol. The summed E-state index contributed by atoms with van der Waals surface area (Å²) in [6.07, 6.45) is 2.66. The van der Waals surface area contributed by atoms with Gasteiger partial charge in [0.15, 0.2) is 5.58 Å². The van der Waals surface area contributed by atoms with Gasteiger partial charge in [-0.25, -0.2) is 13.4 Å². The molecule has 0 bridgehead atoms. The lowest BCUT2D eigenvalue weighted by Gasteiger charge is -2.14. The highest BCUT2D eigenvalue weighted by atomic mass is 35.5. The number of rotatable bonds is 8. The molecule has 1 aromatic heterocycles. The van der Waals surface area contributed by atoms with Crippen LogP contribution in [0, 0.1) is 11.3 Å². The molecule has 0 saturated heterocycles. The summed E-state index contributed by atoms with van der Waals surface area (Å²) in [5.74, 6) is -0.178. The summed E-state index contributed by atoms with van der Waals surface area (Å²) in [5.41, 5.74) is 5.75. The molecule has 0 radical (unpaired) electrons. The maximum Gasteiger partial charge on any atom is 0.237 e. The van der Waals surface area contributed by atoms with Crippen LogP contribution in [0.25, 0.3) is 33.7 Å². The summed E-state index contributed by atoms with van der Waals surface area (Å²) >= 11 is 6.80. The Balaban J connectivity index is 1.25. The largest absolute Gasteiger partial charge is 0.435 e. The van der Waals surface area contributed by atoms with Gasteiger partial charge in [-0.15, -0.1) is 0 Å². The minimum atomic E-state index is -3.55. The first-order valence-electron chi connectivity index (χ1n) is 12.8. The number of hydrogen-bond acceptors (Lipinski definition) is 7. The summed E-state index contributed by atoms with van der Waals surface area (Å²) in [4.78, 5) is 16.9. The number of carbonyl (C=O) groups excluding carboxylic acids is 1. The van der Waals surface area contributed by atoms with E-state index in [0.29, 0.717) is 58.9 Å². The van der Waals surface area contributed by atoms with Crippen molar-refractivity contribution in [3.05, 3.63) is 76.3 Å². The van der Waals surface area contributed by atoms with Crippen molar-refractivity contribution in [1.29, 1.82) is 5.26 Å². The van der Waals surface area contributed by atoms with E-state index in [1.165, 1.54) is 0 Å². The number of amides is 1. The minimum Gasteiger partial charge on any atom is -0.435 e. The molecule has 4 aromatic rings. The predicted octanol–water partition coefficient (Wildman–Crippen LogP) is 5.26. The number of benzene rings is 3. The zero-order valence-corrected chi connectivity index (χ0v) is 22.5. The van der Waals surface area contributed by atoms with E-state index in [9.17, 15) is 18.5 Å². The minimum absolute atomic E-state index is 0.0372. The van der Waals surface area contributed by atoms with Gasteiger partial charge < -0.3 is 9.73 Å². The fourth-order valence-corrected chi connectivity index (χ4v) is 6.82. The molecule has 2 N–H and O–H groups in total. The molecule has 3 aromatic carbocycles. The van der Waals surface area contributed by atoms with Gasteiger partial charge in [0.05, 0.1) is 15.8 Å². The zero-order valence-electron chi connectivity index (χ0n) is 20.9. The quantitative estimate of drug-likeness (QED) is 0.301. The lowest BCUT2D eigenvalue weighted by molar-refractivity contribution is -0.119. The maximum atomic E-state index is 12.2.